The number of hydrogen-bond acceptors (Lipinski definition) is 3. The Morgan fingerprint density at radius 3 is 3.11 bits per heavy atom. The van der Waals surface area contributed by atoms with Crippen molar-refractivity contribution in [3.63, 3.8) is 0 Å². The maximum Gasteiger partial charge on any atom is 0.0705 e. The predicted molar refractivity (Wildman–Crippen MR) is 72.5 cm³/mol. The molecular formula is C15H18N2O. The number of ether oxygens (including phenoxy) is 1. The molecule has 2 heterocycles. The number of pyridine rings is 1. The molecule has 0 amide bonds. The highest BCUT2D eigenvalue weighted by molar-refractivity contribution is 5.81. The number of benzene rings is 1. The first-order valence-electron chi connectivity index (χ1n) is 6.56. The van der Waals surface area contributed by atoms with Crippen LogP contribution in [0, 0.1) is 0 Å². The van der Waals surface area contributed by atoms with Gasteiger partial charge in [0.2, 0.25) is 0 Å². The molecule has 1 saturated heterocycles. The monoisotopic (exact) mass is 242 g/mol. The molecule has 18 heavy (non-hydrogen) atoms. The molecule has 3 rings (SSSR count). The van der Waals surface area contributed by atoms with Gasteiger partial charge in [-0.25, -0.2) is 0 Å². The lowest BCUT2D eigenvalue weighted by molar-refractivity contribution is 0.140. The molecule has 3 heteroatoms. The molecule has 0 radical (unpaired) electrons. The fraction of sp³-hybridized carbons (Fsp3) is 0.400. The van der Waals surface area contributed by atoms with Crippen molar-refractivity contribution in [2.24, 2.45) is 0 Å². The van der Waals surface area contributed by atoms with E-state index in [1.54, 1.807) is 0 Å². The van der Waals surface area contributed by atoms with E-state index < -0.39 is 0 Å². The van der Waals surface area contributed by atoms with Crippen molar-refractivity contribution >= 4 is 10.9 Å². The van der Waals surface area contributed by atoms with Crippen LogP contribution < -0.4 is 0 Å². The minimum atomic E-state index is 0.850. The van der Waals surface area contributed by atoms with Crippen LogP contribution in [-0.2, 0) is 11.3 Å². The summed E-state index contributed by atoms with van der Waals surface area (Å²) in [6.07, 6.45) is 2.98. The predicted octanol–water partition coefficient (Wildman–Crippen LogP) is 2.46. The summed E-state index contributed by atoms with van der Waals surface area (Å²) in [6.45, 7) is 4.89. The third kappa shape index (κ3) is 2.52. The molecule has 0 spiro atoms. The summed E-state index contributed by atoms with van der Waals surface area (Å²) >= 11 is 0. The Kier molecular flexibility index (Phi) is 3.53. The second-order valence-corrected chi connectivity index (χ2v) is 4.73. The van der Waals surface area contributed by atoms with Crippen molar-refractivity contribution in [3.05, 3.63) is 42.1 Å². The maximum absolute atomic E-state index is 5.50. The first kappa shape index (κ1) is 11.6. The van der Waals surface area contributed by atoms with Crippen LogP contribution in [0.2, 0.25) is 0 Å². The Hall–Kier alpha value is -1.45. The molecule has 0 unspecified atom stereocenters. The van der Waals surface area contributed by atoms with Gasteiger partial charge in [-0.1, -0.05) is 18.2 Å². The third-order valence-corrected chi connectivity index (χ3v) is 3.44. The molecule has 1 aliphatic rings. The van der Waals surface area contributed by atoms with Crippen molar-refractivity contribution in [1.82, 2.24) is 9.88 Å². The lowest BCUT2D eigenvalue weighted by Crippen LogP contribution is -2.25. The molecular weight excluding hydrogens is 224 g/mol. The Morgan fingerprint density at radius 2 is 2.11 bits per heavy atom. The summed E-state index contributed by atoms with van der Waals surface area (Å²) in [5.74, 6) is 0. The molecule has 1 fully saturated rings. The largest absolute Gasteiger partial charge is 0.380 e. The fourth-order valence-electron chi connectivity index (χ4n) is 2.50. The third-order valence-electron chi connectivity index (χ3n) is 3.44. The number of fused-ring (bicyclic) bond motifs is 1. The van der Waals surface area contributed by atoms with Crippen LogP contribution in [0.3, 0.4) is 0 Å². The topological polar surface area (TPSA) is 25.4 Å². The van der Waals surface area contributed by atoms with Crippen LogP contribution in [0.1, 0.15) is 12.0 Å². The zero-order valence-corrected chi connectivity index (χ0v) is 10.5. The SMILES string of the molecule is c1cc(CN2CCCOCC2)c2cccnc2c1. The zero-order chi connectivity index (χ0) is 12.2. The lowest BCUT2D eigenvalue weighted by Gasteiger charge is -2.19. The van der Waals surface area contributed by atoms with Crippen LogP contribution in [0.25, 0.3) is 10.9 Å². The highest BCUT2D eigenvalue weighted by atomic mass is 16.5. The molecule has 1 aromatic carbocycles. The highest BCUT2D eigenvalue weighted by Gasteiger charge is 2.11. The van der Waals surface area contributed by atoms with Crippen LogP contribution >= 0.6 is 0 Å². The van der Waals surface area contributed by atoms with Gasteiger partial charge in [-0.05, 0) is 24.1 Å². The van der Waals surface area contributed by atoms with Crippen LogP contribution in [0.5, 0.6) is 0 Å². The van der Waals surface area contributed by atoms with Gasteiger partial charge in [0.15, 0.2) is 0 Å². The van der Waals surface area contributed by atoms with E-state index >= 15 is 0 Å². The highest BCUT2D eigenvalue weighted by Crippen LogP contribution is 2.18. The van der Waals surface area contributed by atoms with Gasteiger partial charge < -0.3 is 4.74 Å². The van der Waals surface area contributed by atoms with Crippen molar-refractivity contribution in [2.45, 2.75) is 13.0 Å². The van der Waals surface area contributed by atoms with Crippen molar-refractivity contribution in [3.8, 4) is 0 Å². The second kappa shape index (κ2) is 5.46. The van der Waals surface area contributed by atoms with Gasteiger partial charge in [0.05, 0.1) is 12.1 Å². The van der Waals surface area contributed by atoms with E-state index in [4.69, 9.17) is 4.74 Å². The Labute approximate surface area is 107 Å². The van der Waals surface area contributed by atoms with E-state index in [1.165, 1.54) is 10.9 Å². The quantitative estimate of drug-likeness (QED) is 0.809. The van der Waals surface area contributed by atoms with Gasteiger partial charge >= 0.3 is 0 Å². The molecule has 0 bridgehead atoms. The minimum Gasteiger partial charge on any atom is -0.380 e. The molecule has 94 valence electrons. The molecule has 0 N–H and O–H groups in total. The normalized spacial score (nSPS) is 17.8. The maximum atomic E-state index is 5.50. The van der Waals surface area contributed by atoms with Gasteiger partial charge in [-0.15, -0.1) is 0 Å². The van der Waals surface area contributed by atoms with Crippen LogP contribution in [-0.4, -0.2) is 36.2 Å². The van der Waals surface area contributed by atoms with Gasteiger partial charge in [0, 0.05) is 37.8 Å². The van der Waals surface area contributed by atoms with Crippen LogP contribution in [0.4, 0.5) is 0 Å². The van der Waals surface area contributed by atoms with Gasteiger partial charge in [0.25, 0.3) is 0 Å². The molecule has 1 aromatic heterocycles. The van der Waals surface area contributed by atoms with E-state index in [0.29, 0.717) is 0 Å². The lowest BCUT2D eigenvalue weighted by atomic mass is 10.1. The van der Waals surface area contributed by atoms with E-state index in [0.717, 1.165) is 44.8 Å². The molecule has 3 nitrogen and oxygen atoms in total. The first-order valence-corrected chi connectivity index (χ1v) is 6.56. The van der Waals surface area contributed by atoms with E-state index in [-0.39, 0.29) is 0 Å². The summed E-state index contributed by atoms with van der Waals surface area (Å²) in [4.78, 5) is 6.88. The van der Waals surface area contributed by atoms with Gasteiger partial charge in [-0.2, -0.15) is 0 Å². The smallest absolute Gasteiger partial charge is 0.0705 e. The fourth-order valence-corrected chi connectivity index (χ4v) is 2.50. The number of hydrogen-bond donors (Lipinski definition) is 0. The summed E-state index contributed by atoms with van der Waals surface area (Å²) in [6, 6.07) is 10.5. The van der Waals surface area contributed by atoms with E-state index in [2.05, 4.69) is 34.1 Å². The zero-order valence-electron chi connectivity index (χ0n) is 10.5. The van der Waals surface area contributed by atoms with Crippen molar-refractivity contribution < 1.29 is 4.74 Å². The Bertz CT molecular complexity index is 513. The van der Waals surface area contributed by atoms with Gasteiger partial charge in [0.1, 0.15) is 0 Å². The second-order valence-electron chi connectivity index (χ2n) is 4.73. The first-order chi connectivity index (χ1) is 8.93. The number of aromatic nitrogens is 1. The van der Waals surface area contributed by atoms with Gasteiger partial charge in [-0.3, -0.25) is 9.88 Å². The number of rotatable bonds is 2. The summed E-state index contributed by atoms with van der Waals surface area (Å²) in [5, 5.41) is 1.27. The average molecular weight is 242 g/mol. The molecule has 0 atom stereocenters. The molecule has 0 aliphatic carbocycles. The molecule has 0 saturated carbocycles. The minimum absolute atomic E-state index is 0.850. The standard InChI is InChI=1S/C15H18N2O/c1-4-13(12-17-8-3-10-18-11-9-17)14-5-2-7-16-15(14)6-1/h1-2,4-7H,3,8-12H2. The Balaban J connectivity index is 1.85. The number of nitrogens with zero attached hydrogens (tertiary/aromatic N) is 2. The Morgan fingerprint density at radius 1 is 1.11 bits per heavy atom. The average Bonchev–Trinajstić information content (AvgIpc) is 2.68. The van der Waals surface area contributed by atoms with E-state index in [1.807, 2.05) is 12.3 Å². The summed E-state index contributed by atoms with van der Waals surface area (Å²) < 4.78 is 5.50. The van der Waals surface area contributed by atoms with Crippen molar-refractivity contribution in [2.75, 3.05) is 26.3 Å². The van der Waals surface area contributed by atoms with E-state index in [9.17, 15) is 0 Å². The van der Waals surface area contributed by atoms with Crippen LogP contribution in [0.15, 0.2) is 36.5 Å². The molecule has 1 aliphatic heterocycles. The summed E-state index contributed by atoms with van der Waals surface area (Å²) in [7, 11) is 0. The summed E-state index contributed by atoms with van der Waals surface area (Å²) in [5.41, 5.74) is 2.45. The van der Waals surface area contributed by atoms with Crippen molar-refractivity contribution in [1.29, 1.82) is 0 Å². The molecule has 2 aromatic rings.